The van der Waals surface area contributed by atoms with Gasteiger partial charge in [-0.05, 0) is 30.5 Å². The Morgan fingerprint density at radius 1 is 1.19 bits per heavy atom. The number of amides is 1. The predicted molar refractivity (Wildman–Crippen MR) is 86.7 cm³/mol. The van der Waals surface area contributed by atoms with E-state index in [4.69, 9.17) is 10.5 Å². The van der Waals surface area contributed by atoms with Crippen LogP contribution in [0, 0.1) is 0 Å². The van der Waals surface area contributed by atoms with Crippen LogP contribution in [0.5, 0.6) is 0 Å². The molecule has 21 heavy (non-hydrogen) atoms. The molecule has 1 saturated carbocycles. The number of carbonyl (C=O) groups excluding carboxylic acids is 1. The topological polar surface area (TPSA) is 64.4 Å². The molecule has 0 aromatic heterocycles. The van der Waals surface area contributed by atoms with E-state index >= 15 is 0 Å². The molecule has 0 aliphatic heterocycles. The lowest BCUT2D eigenvalue weighted by Gasteiger charge is -2.22. The molecule has 118 valence electrons. The van der Waals surface area contributed by atoms with Gasteiger partial charge in [0, 0.05) is 18.7 Å². The van der Waals surface area contributed by atoms with Gasteiger partial charge in [0.05, 0.1) is 12.7 Å². The van der Waals surface area contributed by atoms with E-state index in [0.29, 0.717) is 31.4 Å². The summed E-state index contributed by atoms with van der Waals surface area (Å²) < 4.78 is 5.77. The summed E-state index contributed by atoms with van der Waals surface area (Å²) in [5, 5.41) is 2.88. The van der Waals surface area contributed by atoms with E-state index in [-0.39, 0.29) is 18.3 Å². The van der Waals surface area contributed by atoms with Gasteiger partial charge in [0.2, 0.25) is 0 Å². The summed E-state index contributed by atoms with van der Waals surface area (Å²) in [7, 11) is 0. The number of hydrogen-bond acceptors (Lipinski definition) is 3. The summed E-state index contributed by atoms with van der Waals surface area (Å²) in [6, 6.07) is 7.37. The van der Waals surface area contributed by atoms with Gasteiger partial charge in [-0.3, -0.25) is 4.79 Å². The van der Waals surface area contributed by atoms with Crippen LogP contribution in [0.15, 0.2) is 24.3 Å². The second kappa shape index (κ2) is 9.77. The first-order chi connectivity index (χ1) is 9.79. The van der Waals surface area contributed by atoms with Crippen molar-refractivity contribution >= 4 is 18.3 Å². The Hall–Kier alpha value is -1.10. The highest BCUT2D eigenvalue weighted by Gasteiger charge is 2.13. The van der Waals surface area contributed by atoms with Crippen molar-refractivity contribution in [3.63, 3.8) is 0 Å². The standard InChI is InChI=1S/C16H24N2O2.ClH/c17-12-13-6-8-14(9-7-13)16(19)18-10-11-20-15-4-2-1-3-5-15;/h6-9,15H,1-5,10-12,17H2,(H,18,19);1H. The van der Waals surface area contributed by atoms with Crippen molar-refractivity contribution in [3.8, 4) is 0 Å². The molecular weight excluding hydrogens is 288 g/mol. The number of nitrogens with one attached hydrogen (secondary N) is 1. The zero-order chi connectivity index (χ0) is 14.2. The van der Waals surface area contributed by atoms with E-state index in [9.17, 15) is 4.79 Å². The lowest BCUT2D eigenvalue weighted by Crippen LogP contribution is -2.29. The molecule has 0 saturated heterocycles. The first-order valence-corrected chi connectivity index (χ1v) is 7.48. The summed E-state index contributed by atoms with van der Waals surface area (Å²) in [5.41, 5.74) is 7.22. The largest absolute Gasteiger partial charge is 0.376 e. The number of carbonyl (C=O) groups is 1. The third-order valence-corrected chi connectivity index (χ3v) is 3.75. The molecule has 1 aromatic rings. The monoisotopic (exact) mass is 312 g/mol. The molecule has 0 atom stereocenters. The molecule has 5 heteroatoms. The van der Waals surface area contributed by atoms with Gasteiger partial charge in [-0.25, -0.2) is 0 Å². The van der Waals surface area contributed by atoms with Crippen molar-refractivity contribution in [2.75, 3.05) is 13.2 Å². The maximum absolute atomic E-state index is 11.9. The maximum atomic E-state index is 11.9. The Balaban J connectivity index is 0.00000220. The Labute approximate surface area is 132 Å². The number of nitrogens with two attached hydrogens (primary N) is 1. The smallest absolute Gasteiger partial charge is 0.251 e. The summed E-state index contributed by atoms with van der Waals surface area (Å²) in [6.07, 6.45) is 6.58. The SMILES string of the molecule is Cl.NCc1ccc(C(=O)NCCOC2CCCCC2)cc1. The van der Waals surface area contributed by atoms with E-state index in [1.165, 1.54) is 19.3 Å². The number of benzene rings is 1. The fourth-order valence-corrected chi connectivity index (χ4v) is 2.52. The molecule has 0 radical (unpaired) electrons. The zero-order valence-corrected chi connectivity index (χ0v) is 13.2. The zero-order valence-electron chi connectivity index (χ0n) is 12.3. The second-order valence-corrected chi connectivity index (χ2v) is 5.29. The van der Waals surface area contributed by atoms with Crippen molar-refractivity contribution in [2.24, 2.45) is 5.73 Å². The van der Waals surface area contributed by atoms with Crippen LogP contribution >= 0.6 is 12.4 Å². The lowest BCUT2D eigenvalue weighted by molar-refractivity contribution is 0.0299. The van der Waals surface area contributed by atoms with Crippen molar-refractivity contribution in [3.05, 3.63) is 35.4 Å². The maximum Gasteiger partial charge on any atom is 0.251 e. The molecule has 1 aliphatic rings. The molecule has 1 amide bonds. The van der Waals surface area contributed by atoms with Crippen molar-refractivity contribution in [2.45, 2.75) is 44.8 Å². The van der Waals surface area contributed by atoms with Gasteiger partial charge in [-0.15, -0.1) is 12.4 Å². The van der Waals surface area contributed by atoms with Crippen LogP contribution < -0.4 is 11.1 Å². The van der Waals surface area contributed by atoms with E-state index in [0.717, 1.165) is 18.4 Å². The Kier molecular flexibility index (Phi) is 8.35. The van der Waals surface area contributed by atoms with Gasteiger partial charge >= 0.3 is 0 Å². The van der Waals surface area contributed by atoms with Crippen LogP contribution in [0.2, 0.25) is 0 Å². The molecule has 1 aromatic carbocycles. The van der Waals surface area contributed by atoms with Gasteiger partial charge in [0.25, 0.3) is 5.91 Å². The van der Waals surface area contributed by atoms with Crippen LogP contribution in [-0.2, 0) is 11.3 Å². The molecule has 0 bridgehead atoms. The lowest BCUT2D eigenvalue weighted by atomic mass is 9.98. The van der Waals surface area contributed by atoms with Crippen molar-refractivity contribution in [1.29, 1.82) is 0 Å². The minimum absolute atomic E-state index is 0. The van der Waals surface area contributed by atoms with Gasteiger partial charge in [0.1, 0.15) is 0 Å². The third-order valence-electron chi connectivity index (χ3n) is 3.75. The normalized spacial score (nSPS) is 15.3. The third kappa shape index (κ3) is 6.04. The van der Waals surface area contributed by atoms with Gasteiger partial charge in [0.15, 0.2) is 0 Å². The molecule has 0 spiro atoms. The Morgan fingerprint density at radius 3 is 2.48 bits per heavy atom. The van der Waals surface area contributed by atoms with Crippen LogP contribution in [-0.4, -0.2) is 25.2 Å². The van der Waals surface area contributed by atoms with E-state index in [1.807, 2.05) is 12.1 Å². The number of halogens is 1. The summed E-state index contributed by atoms with van der Waals surface area (Å²) in [4.78, 5) is 11.9. The molecule has 4 nitrogen and oxygen atoms in total. The number of hydrogen-bond donors (Lipinski definition) is 2. The summed E-state index contributed by atoms with van der Waals surface area (Å²) >= 11 is 0. The molecule has 0 unspecified atom stereocenters. The van der Waals surface area contributed by atoms with E-state index in [1.54, 1.807) is 12.1 Å². The highest BCUT2D eigenvalue weighted by Crippen LogP contribution is 2.19. The summed E-state index contributed by atoms with van der Waals surface area (Å²) in [5.74, 6) is -0.0548. The molecule has 1 fully saturated rings. The molecule has 2 rings (SSSR count). The molecule has 1 aliphatic carbocycles. The van der Waals surface area contributed by atoms with Crippen LogP contribution in [0.1, 0.15) is 48.0 Å². The first kappa shape index (κ1) is 18.0. The number of rotatable bonds is 6. The fourth-order valence-electron chi connectivity index (χ4n) is 2.52. The van der Waals surface area contributed by atoms with E-state index < -0.39 is 0 Å². The first-order valence-electron chi connectivity index (χ1n) is 7.48. The van der Waals surface area contributed by atoms with E-state index in [2.05, 4.69) is 5.32 Å². The Bertz CT molecular complexity index is 417. The quantitative estimate of drug-likeness (QED) is 0.794. The number of ether oxygens (including phenoxy) is 1. The van der Waals surface area contributed by atoms with Crippen LogP contribution in [0.25, 0.3) is 0 Å². The fraction of sp³-hybridized carbons (Fsp3) is 0.562. The highest BCUT2D eigenvalue weighted by atomic mass is 35.5. The minimum Gasteiger partial charge on any atom is -0.376 e. The molecular formula is C16H25ClN2O2. The minimum atomic E-state index is -0.0548. The summed E-state index contributed by atoms with van der Waals surface area (Å²) in [6.45, 7) is 1.66. The molecule has 3 N–H and O–H groups in total. The van der Waals surface area contributed by atoms with Crippen molar-refractivity contribution < 1.29 is 9.53 Å². The highest BCUT2D eigenvalue weighted by molar-refractivity contribution is 5.94. The van der Waals surface area contributed by atoms with Crippen LogP contribution in [0.4, 0.5) is 0 Å². The average molecular weight is 313 g/mol. The Morgan fingerprint density at radius 2 is 1.86 bits per heavy atom. The average Bonchev–Trinajstić information content (AvgIpc) is 2.52. The van der Waals surface area contributed by atoms with Gasteiger partial charge < -0.3 is 15.8 Å². The van der Waals surface area contributed by atoms with Crippen LogP contribution in [0.3, 0.4) is 0 Å². The second-order valence-electron chi connectivity index (χ2n) is 5.29. The van der Waals surface area contributed by atoms with Gasteiger partial charge in [-0.2, -0.15) is 0 Å². The predicted octanol–water partition coefficient (Wildman–Crippen LogP) is 2.65. The molecule has 0 heterocycles. The van der Waals surface area contributed by atoms with Crippen molar-refractivity contribution in [1.82, 2.24) is 5.32 Å². The van der Waals surface area contributed by atoms with Gasteiger partial charge in [-0.1, -0.05) is 31.4 Å².